The molecule has 1 aromatic carbocycles. The summed E-state index contributed by atoms with van der Waals surface area (Å²) < 4.78 is 11.3. The van der Waals surface area contributed by atoms with Crippen molar-refractivity contribution in [1.82, 2.24) is 19.9 Å². The number of hydrogen-bond acceptors (Lipinski definition) is 7. The molecule has 1 N–H and O–H groups in total. The van der Waals surface area contributed by atoms with Gasteiger partial charge in [-0.15, -0.1) is 0 Å². The number of carbonyl (C=O) groups excluding carboxylic acids is 1. The first-order valence-corrected chi connectivity index (χ1v) is 10.4. The minimum absolute atomic E-state index is 0.159. The average molecular weight is 462 g/mol. The number of pyridine rings is 1. The fourth-order valence-corrected chi connectivity index (χ4v) is 3.25. The molecule has 1 aliphatic heterocycles. The van der Waals surface area contributed by atoms with Gasteiger partial charge in [0.15, 0.2) is 5.82 Å². The van der Waals surface area contributed by atoms with Crippen LogP contribution in [0.2, 0.25) is 10.0 Å². The van der Waals surface area contributed by atoms with E-state index in [4.69, 9.17) is 32.7 Å². The fourth-order valence-electron chi connectivity index (χ4n) is 2.95. The van der Waals surface area contributed by atoms with Crippen LogP contribution in [0.4, 0.5) is 16.3 Å². The molecular formula is C21H21Cl2N5O3. The van der Waals surface area contributed by atoms with Crippen LogP contribution in [0.1, 0.15) is 20.8 Å². The van der Waals surface area contributed by atoms with Gasteiger partial charge in [-0.3, -0.25) is 0 Å². The number of carbonyl (C=O) groups is 1. The first kappa shape index (κ1) is 21.4. The summed E-state index contributed by atoms with van der Waals surface area (Å²) in [6.45, 7) is 6.39. The minimum Gasteiger partial charge on any atom is -0.471 e. The highest BCUT2D eigenvalue weighted by atomic mass is 35.5. The Bertz CT molecular complexity index is 1130. The number of anilines is 2. The van der Waals surface area contributed by atoms with Crippen LogP contribution >= 0.6 is 23.2 Å². The molecule has 2 aromatic heterocycles. The van der Waals surface area contributed by atoms with Crippen LogP contribution < -0.4 is 10.1 Å². The van der Waals surface area contributed by atoms with Crippen LogP contribution in [0.25, 0.3) is 11.0 Å². The van der Waals surface area contributed by atoms with Gasteiger partial charge in [-0.25, -0.2) is 19.7 Å². The van der Waals surface area contributed by atoms with Crippen LogP contribution in [-0.4, -0.2) is 50.7 Å². The number of hydrogen-bond donors (Lipinski definition) is 1. The Kier molecular flexibility index (Phi) is 5.77. The highest BCUT2D eigenvalue weighted by Gasteiger charge is 2.35. The molecule has 3 heterocycles. The molecular weight excluding hydrogens is 441 g/mol. The van der Waals surface area contributed by atoms with E-state index in [0.717, 1.165) is 5.69 Å². The van der Waals surface area contributed by atoms with Crippen molar-refractivity contribution in [2.24, 2.45) is 0 Å². The van der Waals surface area contributed by atoms with Crippen molar-refractivity contribution in [3.63, 3.8) is 0 Å². The van der Waals surface area contributed by atoms with Gasteiger partial charge in [0, 0.05) is 11.8 Å². The van der Waals surface area contributed by atoms with Crippen LogP contribution in [0.15, 0.2) is 36.7 Å². The lowest BCUT2D eigenvalue weighted by Crippen LogP contribution is -2.57. The summed E-state index contributed by atoms with van der Waals surface area (Å²) in [4.78, 5) is 26.8. The summed E-state index contributed by atoms with van der Waals surface area (Å²) in [5, 5.41) is 4.08. The van der Waals surface area contributed by atoms with Crippen LogP contribution in [0.3, 0.4) is 0 Å². The molecule has 1 saturated heterocycles. The lowest BCUT2D eigenvalue weighted by atomic mass is 10.2. The molecule has 0 atom stereocenters. The average Bonchev–Trinajstić information content (AvgIpc) is 2.66. The van der Waals surface area contributed by atoms with E-state index in [0.29, 0.717) is 45.9 Å². The molecule has 0 saturated carbocycles. The Morgan fingerprint density at radius 1 is 1.13 bits per heavy atom. The highest BCUT2D eigenvalue weighted by molar-refractivity contribution is 6.42. The molecule has 31 heavy (non-hydrogen) atoms. The number of aromatic nitrogens is 3. The van der Waals surface area contributed by atoms with Crippen LogP contribution in [0.5, 0.6) is 5.88 Å². The van der Waals surface area contributed by atoms with E-state index in [1.165, 1.54) is 6.33 Å². The van der Waals surface area contributed by atoms with E-state index < -0.39 is 5.60 Å². The Morgan fingerprint density at radius 3 is 2.61 bits per heavy atom. The monoisotopic (exact) mass is 461 g/mol. The minimum atomic E-state index is -0.527. The Morgan fingerprint density at radius 2 is 1.90 bits per heavy atom. The van der Waals surface area contributed by atoms with Gasteiger partial charge in [-0.1, -0.05) is 23.2 Å². The van der Waals surface area contributed by atoms with Gasteiger partial charge in [-0.05, 0) is 45.0 Å². The van der Waals surface area contributed by atoms with Gasteiger partial charge in [0.1, 0.15) is 23.5 Å². The molecule has 0 aliphatic carbocycles. The molecule has 0 radical (unpaired) electrons. The van der Waals surface area contributed by atoms with Crippen molar-refractivity contribution in [2.45, 2.75) is 32.5 Å². The predicted molar refractivity (Wildman–Crippen MR) is 119 cm³/mol. The van der Waals surface area contributed by atoms with E-state index in [1.807, 2.05) is 26.8 Å². The second kappa shape index (κ2) is 8.36. The lowest BCUT2D eigenvalue weighted by Gasteiger charge is -2.39. The smallest absolute Gasteiger partial charge is 0.410 e. The number of nitrogens with one attached hydrogen (secondary N) is 1. The lowest BCUT2D eigenvalue weighted by molar-refractivity contribution is -0.0231. The summed E-state index contributed by atoms with van der Waals surface area (Å²) in [6.07, 6.45) is 0.948. The number of amides is 1. The summed E-state index contributed by atoms with van der Waals surface area (Å²) >= 11 is 12.1. The first-order chi connectivity index (χ1) is 14.7. The standard InChI is InChI=1S/C21H21Cl2N5O3/c1-21(2,3)31-20(29)28-9-13(10-28)30-17-7-6-16-18(27-17)19(25-11-24-16)26-12-4-5-14(22)15(23)8-12/h4-8,11,13H,9-10H2,1-3H3,(H,24,25,26). The highest BCUT2D eigenvalue weighted by Crippen LogP contribution is 2.29. The Hall–Kier alpha value is -2.84. The number of rotatable bonds is 4. The second-order valence-electron chi connectivity index (χ2n) is 8.12. The topological polar surface area (TPSA) is 89.5 Å². The zero-order valence-electron chi connectivity index (χ0n) is 17.2. The van der Waals surface area contributed by atoms with Crippen molar-refractivity contribution in [2.75, 3.05) is 18.4 Å². The van der Waals surface area contributed by atoms with Gasteiger partial charge >= 0.3 is 6.09 Å². The van der Waals surface area contributed by atoms with E-state index >= 15 is 0 Å². The third-order valence-corrected chi connectivity index (χ3v) is 5.16. The summed E-state index contributed by atoms with van der Waals surface area (Å²) in [5.41, 5.74) is 1.40. The SMILES string of the molecule is CC(C)(C)OC(=O)N1CC(Oc2ccc3ncnc(Nc4ccc(Cl)c(Cl)c4)c3n2)C1. The number of halogens is 2. The summed E-state index contributed by atoms with van der Waals surface area (Å²) in [7, 11) is 0. The van der Waals surface area contributed by atoms with Crippen molar-refractivity contribution >= 4 is 51.8 Å². The molecule has 0 spiro atoms. The maximum Gasteiger partial charge on any atom is 0.410 e. The molecule has 3 aromatic rings. The van der Waals surface area contributed by atoms with Crippen molar-refractivity contribution in [1.29, 1.82) is 0 Å². The number of fused-ring (bicyclic) bond motifs is 1. The Balaban J connectivity index is 1.46. The molecule has 1 amide bonds. The van der Waals surface area contributed by atoms with Gasteiger partial charge in [-0.2, -0.15) is 0 Å². The Labute approximate surface area is 189 Å². The van der Waals surface area contributed by atoms with E-state index in [1.54, 1.807) is 29.2 Å². The third-order valence-electron chi connectivity index (χ3n) is 4.43. The molecule has 10 heteroatoms. The third kappa shape index (κ3) is 5.08. The molecule has 1 aliphatic rings. The maximum atomic E-state index is 12.1. The molecule has 162 valence electrons. The van der Waals surface area contributed by atoms with Gasteiger partial charge in [0.2, 0.25) is 5.88 Å². The van der Waals surface area contributed by atoms with E-state index in [2.05, 4.69) is 20.3 Å². The number of benzene rings is 1. The summed E-state index contributed by atoms with van der Waals surface area (Å²) in [5.74, 6) is 0.936. The number of likely N-dealkylation sites (tertiary alicyclic amines) is 1. The largest absolute Gasteiger partial charge is 0.471 e. The van der Waals surface area contributed by atoms with E-state index in [9.17, 15) is 4.79 Å². The molecule has 4 rings (SSSR count). The zero-order chi connectivity index (χ0) is 22.2. The van der Waals surface area contributed by atoms with Gasteiger partial charge in [0.05, 0.1) is 28.7 Å². The normalized spacial score (nSPS) is 14.3. The van der Waals surface area contributed by atoms with Crippen molar-refractivity contribution in [3.8, 4) is 5.88 Å². The van der Waals surface area contributed by atoms with Crippen molar-refractivity contribution < 1.29 is 14.3 Å². The number of ether oxygens (including phenoxy) is 2. The van der Waals surface area contributed by atoms with Crippen LogP contribution in [0, 0.1) is 0 Å². The molecule has 0 unspecified atom stereocenters. The van der Waals surface area contributed by atoms with Gasteiger partial charge < -0.3 is 19.7 Å². The fraction of sp³-hybridized carbons (Fsp3) is 0.333. The zero-order valence-corrected chi connectivity index (χ0v) is 18.7. The van der Waals surface area contributed by atoms with Gasteiger partial charge in [0.25, 0.3) is 0 Å². The molecule has 8 nitrogen and oxygen atoms in total. The first-order valence-electron chi connectivity index (χ1n) is 9.66. The summed E-state index contributed by atoms with van der Waals surface area (Å²) in [6, 6.07) is 8.75. The maximum absolute atomic E-state index is 12.1. The van der Waals surface area contributed by atoms with E-state index in [-0.39, 0.29) is 12.2 Å². The molecule has 1 fully saturated rings. The predicted octanol–water partition coefficient (Wildman–Crippen LogP) is 5.07. The van der Waals surface area contributed by atoms with Crippen molar-refractivity contribution in [3.05, 3.63) is 46.7 Å². The molecule has 0 bridgehead atoms. The van der Waals surface area contributed by atoms with Crippen LogP contribution in [-0.2, 0) is 4.74 Å². The quantitative estimate of drug-likeness (QED) is 0.579. The second-order valence-corrected chi connectivity index (χ2v) is 8.93. The number of nitrogens with zero attached hydrogens (tertiary/aromatic N) is 4.